The van der Waals surface area contributed by atoms with E-state index in [9.17, 15) is 9.59 Å². The van der Waals surface area contributed by atoms with Crippen molar-refractivity contribution in [3.63, 3.8) is 0 Å². The Labute approximate surface area is 171 Å². The van der Waals surface area contributed by atoms with Gasteiger partial charge in [0.05, 0.1) is 5.69 Å². The number of anilines is 2. The molecule has 3 rings (SSSR count). The summed E-state index contributed by atoms with van der Waals surface area (Å²) in [4.78, 5) is 26.3. The summed E-state index contributed by atoms with van der Waals surface area (Å²) < 4.78 is 11.1. The molecule has 2 amide bonds. The second-order valence-electron chi connectivity index (χ2n) is 7.06. The molecule has 154 valence electrons. The highest BCUT2D eigenvalue weighted by Crippen LogP contribution is 2.34. The van der Waals surface area contributed by atoms with Crippen LogP contribution in [0.1, 0.15) is 38.7 Å². The van der Waals surface area contributed by atoms with Crippen molar-refractivity contribution >= 4 is 23.2 Å². The van der Waals surface area contributed by atoms with Gasteiger partial charge in [0.15, 0.2) is 13.2 Å². The van der Waals surface area contributed by atoms with Gasteiger partial charge < -0.3 is 19.7 Å². The van der Waals surface area contributed by atoms with Gasteiger partial charge in [-0.25, -0.2) is 0 Å². The smallest absolute Gasteiger partial charge is 0.265 e. The molecule has 0 bridgehead atoms. The highest BCUT2D eigenvalue weighted by molar-refractivity contribution is 5.99. The van der Waals surface area contributed by atoms with Crippen molar-refractivity contribution in [2.75, 3.05) is 30.0 Å². The first-order valence-corrected chi connectivity index (χ1v) is 10.2. The van der Waals surface area contributed by atoms with Crippen LogP contribution in [0.2, 0.25) is 0 Å². The molecule has 0 aromatic heterocycles. The molecule has 1 N–H and O–H groups in total. The van der Waals surface area contributed by atoms with Gasteiger partial charge in [-0.2, -0.15) is 0 Å². The van der Waals surface area contributed by atoms with E-state index in [1.807, 2.05) is 24.3 Å². The molecule has 29 heavy (non-hydrogen) atoms. The van der Waals surface area contributed by atoms with Crippen molar-refractivity contribution in [3.8, 4) is 11.5 Å². The number of hydrogen-bond acceptors (Lipinski definition) is 4. The molecule has 1 heterocycles. The molecule has 2 aromatic rings. The minimum absolute atomic E-state index is 0.0511. The molecule has 1 aliphatic rings. The summed E-state index contributed by atoms with van der Waals surface area (Å²) in [5.74, 6) is 0.997. The molecule has 0 aliphatic carbocycles. The van der Waals surface area contributed by atoms with Crippen molar-refractivity contribution in [1.29, 1.82) is 0 Å². The third-order valence-corrected chi connectivity index (χ3v) is 4.87. The van der Waals surface area contributed by atoms with Gasteiger partial charge in [-0.15, -0.1) is 0 Å². The largest absolute Gasteiger partial charge is 0.484 e. The summed E-state index contributed by atoms with van der Waals surface area (Å²) in [6.45, 7) is 4.83. The zero-order valence-electron chi connectivity index (χ0n) is 17.1. The number of rotatable bonds is 9. The Kier molecular flexibility index (Phi) is 7.11. The van der Waals surface area contributed by atoms with Gasteiger partial charge in [-0.05, 0) is 48.7 Å². The number of nitrogens with one attached hydrogen (secondary N) is 1. The van der Waals surface area contributed by atoms with E-state index in [0.717, 1.165) is 25.7 Å². The lowest BCUT2D eigenvalue weighted by Crippen LogP contribution is -2.39. The number of carbonyl (C=O) groups excluding carboxylic acids is 2. The minimum Gasteiger partial charge on any atom is -0.484 e. The normalized spacial score (nSPS) is 12.9. The molecule has 0 spiro atoms. The predicted octanol–water partition coefficient (Wildman–Crippen LogP) is 4.18. The summed E-state index contributed by atoms with van der Waals surface area (Å²) in [6.07, 6.45) is 4.04. The second-order valence-corrected chi connectivity index (χ2v) is 7.06. The standard InChI is InChI=1S/C23H28N2O4/c1-3-5-6-13-25-20-14-18(9-12-21(20)29-16-23(25)27)24-22(26)15-28-19-10-7-17(4-2)8-11-19/h7-12,14H,3-6,13,15-16H2,1-2H3,(H,24,26). The van der Waals surface area contributed by atoms with Crippen LogP contribution in [-0.4, -0.2) is 31.6 Å². The van der Waals surface area contributed by atoms with Gasteiger partial charge in [0, 0.05) is 12.2 Å². The summed E-state index contributed by atoms with van der Waals surface area (Å²) in [5, 5.41) is 2.83. The van der Waals surface area contributed by atoms with Gasteiger partial charge in [0.1, 0.15) is 11.5 Å². The average Bonchev–Trinajstić information content (AvgIpc) is 2.74. The topological polar surface area (TPSA) is 67.9 Å². The number of amides is 2. The molecule has 0 saturated carbocycles. The molecule has 0 unspecified atom stereocenters. The maximum absolute atomic E-state index is 12.3. The third-order valence-electron chi connectivity index (χ3n) is 4.87. The number of ether oxygens (including phenoxy) is 2. The average molecular weight is 396 g/mol. The van der Waals surface area contributed by atoms with Crippen molar-refractivity contribution in [2.45, 2.75) is 39.5 Å². The van der Waals surface area contributed by atoms with Crippen LogP contribution >= 0.6 is 0 Å². The van der Waals surface area contributed by atoms with Crippen LogP contribution in [0, 0.1) is 0 Å². The molecular weight excluding hydrogens is 368 g/mol. The van der Waals surface area contributed by atoms with Gasteiger partial charge >= 0.3 is 0 Å². The van der Waals surface area contributed by atoms with Crippen molar-refractivity contribution < 1.29 is 19.1 Å². The van der Waals surface area contributed by atoms with Crippen LogP contribution in [0.25, 0.3) is 0 Å². The lowest BCUT2D eigenvalue weighted by molar-refractivity contribution is -0.121. The predicted molar refractivity (Wildman–Crippen MR) is 114 cm³/mol. The van der Waals surface area contributed by atoms with Gasteiger partial charge in [-0.1, -0.05) is 38.8 Å². The third kappa shape index (κ3) is 5.50. The molecule has 0 saturated heterocycles. The van der Waals surface area contributed by atoms with E-state index in [2.05, 4.69) is 19.2 Å². The number of fused-ring (bicyclic) bond motifs is 1. The Balaban J connectivity index is 1.62. The molecular formula is C23H28N2O4. The fraction of sp³-hybridized carbons (Fsp3) is 0.391. The number of unbranched alkanes of at least 4 members (excludes halogenated alkanes) is 2. The van der Waals surface area contributed by atoms with E-state index >= 15 is 0 Å². The Morgan fingerprint density at radius 1 is 1.14 bits per heavy atom. The summed E-state index contributed by atoms with van der Waals surface area (Å²) in [6, 6.07) is 13.0. The molecule has 0 fully saturated rings. The van der Waals surface area contributed by atoms with Crippen LogP contribution in [-0.2, 0) is 16.0 Å². The molecule has 1 aliphatic heterocycles. The SMILES string of the molecule is CCCCCN1C(=O)COc2ccc(NC(=O)COc3ccc(CC)cc3)cc21. The Morgan fingerprint density at radius 3 is 2.66 bits per heavy atom. The monoisotopic (exact) mass is 396 g/mol. The van der Waals surface area contributed by atoms with Crippen molar-refractivity contribution in [3.05, 3.63) is 48.0 Å². The van der Waals surface area contributed by atoms with Crippen LogP contribution in [0.4, 0.5) is 11.4 Å². The first kappa shape index (κ1) is 20.7. The van der Waals surface area contributed by atoms with Crippen molar-refractivity contribution in [1.82, 2.24) is 0 Å². The number of benzene rings is 2. The minimum atomic E-state index is -0.259. The van der Waals surface area contributed by atoms with Crippen LogP contribution in [0.15, 0.2) is 42.5 Å². The van der Waals surface area contributed by atoms with E-state index in [1.54, 1.807) is 23.1 Å². The summed E-state index contributed by atoms with van der Waals surface area (Å²) in [5.41, 5.74) is 2.53. The second kappa shape index (κ2) is 9.96. The highest BCUT2D eigenvalue weighted by atomic mass is 16.5. The Morgan fingerprint density at radius 2 is 1.93 bits per heavy atom. The molecule has 0 atom stereocenters. The zero-order chi connectivity index (χ0) is 20.6. The highest BCUT2D eigenvalue weighted by Gasteiger charge is 2.25. The Bertz CT molecular complexity index is 848. The van der Waals surface area contributed by atoms with E-state index in [1.165, 1.54) is 5.56 Å². The van der Waals surface area contributed by atoms with Crippen molar-refractivity contribution in [2.24, 2.45) is 0 Å². The van der Waals surface area contributed by atoms with Gasteiger partial charge in [-0.3, -0.25) is 9.59 Å². The summed E-state index contributed by atoms with van der Waals surface area (Å²) >= 11 is 0. The number of hydrogen-bond donors (Lipinski definition) is 1. The van der Waals surface area contributed by atoms with Crippen LogP contribution < -0.4 is 19.7 Å². The quantitative estimate of drug-likeness (QED) is 0.646. The molecule has 2 aromatic carbocycles. The first-order valence-electron chi connectivity index (χ1n) is 10.2. The lowest BCUT2D eigenvalue weighted by atomic mass is 10.1. The van der Waals surface area contributed by atoms with Gasteiger partial charge in [0.2, 0.25) is 0 Å². The van der Waals surface area contributed by atoms with E-state index < -0.39 is 0 Å². The number of carbonyl (C=O) groups is 2. The van der Waals surface area contributed by atoms with E-state index in [-0.39, 0.29) is 25.0 Å². The van der Waals surface area contributed by atoms with E-state index in [0.29, 0.717) is 29.4 Å². The molecule has 6 heteroatoms. The lowest BCUT2D eigenvalue weighted by Gasteiger charge is -2.29. The maximum Gasteiger partial charge on any atom is 0.265 e. The zero-order valence-corrected chi connectivity index (χ0v) is 17.1. The van der Waals surface area contributed by atoms with Gasteiger partial charge in [0.25, 0.3) is 11.8 Å². The van der Waals surface area contributed by atoms with Crippen LogP contribution in [0.5, 0.6) is 11.5 Å². The first-order chi connectivity index (χ1) is 14.1. The number of aryl methyl sites for hydroxylation is 1. The maximum atomic E-state index is 12.3. The Hall–Kier alpha value is -3.02. The van der Waals surface area contributed by atoms with Crippen LogP contribution in [0.3, 0.4) is 0 Å². The number of nitrogens with zero attached hydrogens (tertiary/aromatic N) is 1. The summed E-state index contributed by atoms with van der Waals surface area (Å²) in [7, 11) is 0. The van der Waals surface area contributed by atoms with E-state index in [4.69, 9.17) is 9.47 Å². The molecule has 6 nitrogen and oxygen atoms in total. The fourth-order valence-corrected chi connectivity index (χ4v) is 3.21. The molecule has 0 radical (unpaired) electrons. The fourth-order valence-electron chi connectivity index (χ4n) is 3.21.